The van der Waals surface area contributed by atoms with Crippen LogP contribution in [0.1, 0.15) is 27.9 Å². The van der Waals surface area contributed by atoms with Crippen molar-refractivity contribution in [3.05, 3.63) is 40.4 Å². The summed E-state index contributed by atoms with van der Waals surface area (Å²) >= 11 is 0.114. The van der Waals surface area contributed by atoms with Gasteiger partial charge in [-0.15, -0.1) is 0 Å². The van der Waals surface area contributed by atoms with Gasteiger partial charge in [-0.1, -0.05) is 23.5 Å². The number of carbonyl (C=O) groups is 2. The lowest BCUT2D eigenvalue weighted by Crippen LogP contribution is -2.48. The van der Waals surface area contributed by atoms with Gasteiger partial charge in [-0.05, 0) is 42.7 Å². The van der Waals surface area contributed by atoms with Gasteiger partial charge in [0.1, 0.15) is 17.7 Å². The van der Waals surface area contributed by atoms with Gasteiger partial charge >= 0.3 is 5.97 Å². The van der Waals surface area contributed by atoms with Gasteiger partial charge < -0.3 is 29.1 Å². The van der Waals surface area contributed by atoms with E-state index in [2.05, 4.69) is 20.5 Å². The van der Waals surface area contributed by atoms with E-state index in [1.54, 1.807) is 20.1 Å². The lowest BCUT2D eigenvalue weighted by molar-refractivity contribution is -0.120. The summed E-state index contributed by atoms with van der Waals surface area (Å²) in [5.74, 6) is 1.35. The molecule has 1 atom stereocenters. The van der Waals surface area contributed by atoms with E-state index in [1.807, 2.05) is 29.2 Å². The van der Waals surface area contributed by atoms with Gasteiger partial charge in [-0.2, -0.15) is 9.97 Å². The summed E-state index contributed by atoms with van der Waals surface area (Å²) in [6.45, 7) is 6.54. The first-order chi connectivity index (χ1) is 18.8. The number of nitrogens with zero attached hydrogens (tertiary/aromatic N) is 5. The Morgan fingerprint density at radius 1 is 1.23 bits per heavy atom. The number of carbonyl (C=O) groups excluding carboxylic acids is 2. The first-order valence-corrected chi connectivity index (χ1v) is 14.8. The highest BCUT2D eigenvalue weighted by atomic mass is 32.2. The number of benzene rings is 1. The normalized spacial score (nSPS) is 15.7. The molecular weight excluding hydrogens is 542 g/mol. The zero-order valence-corrected chi connectivity index (χ0v) is 23.5. The number of thiazole rings is 1. The Balaban J connectivity index is 1.49. The molecular formula is C25H29N7O5S2. The van der Waals surface area contributed by atoms with Crippen molar-refractivity contribution in [3.63, 3.8) is 0 Å². The highest BCUT2D eigenvalue weighted by molar-refractivity contribution is 7.90. The molecule has 1 fully saturated rings. The second-order valence-corrected chi connectivity index (χ2v) is 11.3. The van der Waals surface area contributed by atoms with Crippen molar-refractivity contribution >= 4 is 57.1 Å². The van der Waals surface area contributed by atoms with Crippen LogP contribution >= 0.6 is 11.3 Å². The molecule has 2 N–H and O–H groups in total. The molecule has 4 heterocycles. The molecule has 5 rings (SSSR count). The Hall–Kier alpha value is -3.62. The van der Waals surface area contributed by atoms with Gasteiger partial charge in [-0.3, -0.25) is 10.1 Å². The van der Waals surface area contributed by atoms with E-state index in [-0.39, 0.29) is 25.0 Å². The molecule has 0 bridgehead atoms. The minimum Gasteiger partial charge on any atom is -0.612 e. The zero-order chi connectivity index (χ0) is 27.5. The number of esters is 1. The first-order valence-electron chi connectivity index (χ1n) is 12.5. The summed E-state index contributed by atoms with van der Waals surface area (Å²) in [4.78, 5) is 43.6. The van der Waals surface area contributed by atoms with E-state index >= 15 is 0 Å². The molecule has 1 aromatic carbocycles. The molecule has 2 aliphatic rings. The molecule has 2 aliphatic heterocycles. The highest BCUT2D eigenvalue weighted by Crippen LogP contribution is 2.40. The number of fused-ring (bicyclic) bond motifs is 1. The summed E-state index contributed by atoms with van der Waals surface area (Å²) in [6.07, 6.45) is 1.65. The maximum absolute atomic E-state index is 12.3. The standard InChI is InChI=1S/C25H29N7O5S2/c1-4-36-23(34)20-15(2)27-25(38-20)30-24-28-21(31-10-9-26-18(33)14-31)19-22(29-24)32(11-12-37-19)13-16-5-7-17(8-6-16)39(3)35/h5-8H,4,9-14H2,1-3H3,(H,26,33)(H,27,28,29,30). The number of anilines is 4. The molecule has 2 aromatic heterocycles. The lowest BCUT2D eigenvalue weighted by atomic mass is 10.2. The Labute approximate surface area is 232 Å². The van der Waals surface area contributed by atoms with Gasteiger partial charge in [0.2, 0.25) is 17.6 Å². The van der Waals surface area contributed by atoms with Crippen LogP contribution in [0.4, 0.5) is 22.7 Å². The number of hydrogen-bond donors (Lipinski definition) is 2. The van der Waals surface area contributed by atoms with Crippen molar-refractivity contribution < 1.29 is 23.6 Å². The number of aryl methyl sites for hydroxylation is 1. The molecule has 0 aliphatic carbocycles. The van der Waals surface area contributed by atoms with E-state index in [4.69, 9.17) is 19.4 Å². The van der Waals surface area contributed by atoms with Crippen LogP contribution in [0.5, 0.6) is 5.75 Å². The van der Waals surface area contributed by atoms with Gasteiger partial charge in [0.25, 0.3) is 0 Å². The monoisotopic (exact) mass is 571 g/mol. The fourth-order valence-corrected chi connectivity index (χ4v) is 5.69. The number of hydrogen-bond acceptors (Lipinski definition) is 12. The van der Waals surface area contributed by atoms with Crippen LogP contribution in [0.2, 0.25) is 0 Å². The maximum atomic E-state index is 12.3. The average molecular weight is 572 g/mol. The van der Waals surface area contributed by atoms with Crippen LogP contribution in [0, 0.1) is 6.92 Å². The first kappa shape index (κ1) is 27.0. The molecule has 39 heavy (non-hydrogen) atoms. The van der Waals surface area contributed by atoms with Crippen molar-refractivity contribution in [2.24, 2.45) is 0 Å². The Bertz CT molecular complexity index is 1370. The Kier molecular flexibility index (Phi) is 8.04. The third-order valence-electron chi connectivity index (χ3n) is 6.18. The third-order valence-corrected chi connectivity index (χ3v) is 8.17. The van der Waals surface area contributed by atoms with Crippen LogP contribution in [0.3, 0.4) is 0 Å². The van der Waals surface area contributed by atoms with Crippen molar-refractivity contribution in [2.75, 3.05) is 60.8 Å². The number of rotatable bonds is 8. The van der Waals surface area contributed by atoms with Crippen LogP contribution in [-0.4, -0.2) is 77.0 Å². The number of ether oxygens (including phenoxy) is 2. The molecule has 206 valence electrons. The molecule has 1 amide bonds. The Morgan fingerprint density at radius 2 is 2.00 bits per heavy atom. The molecule has 12 nitrogen and oxygen atoms in total. The lowest BCUT2D eigenvalue weighted by Gasteiger charge is -2.35. The van der Waals surface area contributed by atoms with Gasteiger partial charge in [0, 0.05) is 19.6 Å². The minimum atomic E-state index is -1.05. The highest BCUT2D eigenvalue weighted by Gasteiger charge is 2.30. The molecule has 1 unspecified atom stereocenters. The number of nitrogens with one attached hydrogen (secondary N) is 2. The van der Waals surface area contributed by atoms with E-state index in [0.29, 0.717) is 65.9 Å². The SMILES string of the molecule is CCOC(=O)c1sc(Nc2nc(N3CCNC(=O)C3)c3c(n2)N(Cc2ccc([S+](C)[O-])cc2)CCO3)nc1C. The summed E-state index contributed by atoms with van der Waals surface area (Å²) in [7, 11) is 0. The summed E-state index contributed by atoms with van der Waals surface area (Å²) in [6, 6.07) is 7.64. The third kappa shape index (κ3) is 6.02. The minimum absolute atomic E-state index is 0.0983. The summed E-state index contributed by atoms with van der Waals surface area (Å²) in [5.41, 5.74) is 1.58. The van der Waals surface area contributed by atoms with Crippen molar-refractivity contribution in [1.82, 2.24) is 20.3 Å². The second kappa shape index (κ2) is 11.6. The second-order valence-electron chi connectivity index (χ2n) is 8.94. The fraction of sp³-hybridized carbons (Fsp3) is 0.400. The quantitative estimate of drug-likeness (QED) is 0.303. The average Bonchev–Trinajstić information content (AvgIpc) is 3.29. The predicted octanol–water partition coefficient (Wildman–Crippen LogP) is 2.23. The molecule has 0 spiro atoms. The van der Waals surface area contributed by atoms with Crippen molar-refractivity contribution in [3.8, 4) is 5.75 Å². The number of piperazine rings is 1. The van der Waals surface area contributed by atoms with E-state index in [0.717, 1.165) is 21.8 Å². The van der Waals surface area contributed by atoms with Crippen LogP contribution < -0.4 is 25.2 Å². The van der Waals surface area contributed by atoms with Crippen molar-refractivity contribution in [1.29, 1.82) is 0 Å². The fourth-order valence-electron chi connectivity index (χ4n) is 4.32. The number of amides is 1. The van der Waals surface area contributed by atoms with Crippen LogP contribution in [-0.2, 0) is 27.3 Å². The summed E-state index contributed by atoms with van der Waals surface area (Å²) < 4.78 is 23.0. The molecule has 3 aromatic rings. The molecule has 1 saturated heterocycles. The smallest absolute Gasteiger partial charge is 0.350 e. The number of aromatic nitrogens is 3. The maximum Gasteiger partial charge on any atom is 0.350 e. The Morgan fingerprint density at radius 3 is 2.72 bits per heavy atom. The molecule has 14 heteroatoms. The van der Waals surface area contributed by atoms with E-state index < -0.39 is 17.1 Å². The van der Waals surface area contributed by atoms with Crippen molar-refractivity contribution in [2.45, 2.75) is 25.3 Å². The summed E-state index contributed by atoms with van der Waals surface area (Å²) in [5, 5.41) is 6.43. The van der Waals surface area contributed by atoms with Gasteiger partial charge in [-0.25, -0.2) is 9.78 Å². The van der Waals surface area contributed by atoms with Gasteiger partial charge in [0.05, 0.1) is 25.4 Å². The van der Waals surface area contributed by atoms with Crippen LogP contribution in [0.25, 0.3) is 0 Å². The predicted molar refractivity (Wildman–Crippen MR) is 149 cm³/mol. The van der Waals surface area contributed by atoms with E-state index in [1.165, 1.54) is 0 Å². The zero-order valence-electron chi connectivity index (χ0n) is 21.9. The van der Waals surface area contributed by atoms with Gasteiger partial charge in [0.15, 0.2) is 21.7 Å². The molecule has 0 saturated carbocycles. The largest absolute Gasteiger partial charge is 0.612 e. The topological polar surface area (TPSA) is 145 Å². The van der Waals surface area contributed by atoms with E-state index in [9.17, 15) is 14.1 Å². The molecule has 0 radical (unpaired) electrons. The van der Waals surface area contributed by atoms with Crippen LogP contribution in [0.15, 0.2) is 29.2 Å².